The van der Waals surface area contributed by atoms with E-state index in [0.717, 1.165) is 13.8 Å². The summed E-state index contributed by atoms with van der Waals surface area (Å²) >= 11 is 2.96. The molecule has 0 saturated carbocycles. The highest BCUT2D eigenvalue weighted by Gasteiger charge is 2.50. The van der Waals surface area contributed by atoms with Crippen LogP contribution < -0.4 is 0 Å². The predicted octanol–water partition coefficient (Wildman–Crippen LogP) is 0.871. The lowest BCUT2D eigenvalue weighted by molar-refractivity contribution is -0.220. The van der Waals surface area contributed by atoms with E-state index in [4.69, 9.17) is 18.9 Å². The first-order valence-corrected chi connectivity index (χ1v) is 7.05. The summed E-state index contributed by atoms with van der Waals surface area (Å²) in [6.07, 6.45) is -5.27. The second-order valence-corrected chi connectivity index (χ2v) is 5.32. The molecule has 1 saturated heterocycles. The number of halogens is 2. The minimum atomic E-state index is -1.74. The van der Waals surface area contributed by atoms with Crippen molar-refractivity contribution in [2.45, 2.75) is 50.3 Å². The highest BCUT2D eigenvalue weighted by atomic mass is 79.9. The van der Waals surface area contributed by atoms with Crippen LogP contribution in [0.4, 0.5) is 4.39 Å². The average molecular weight is 371 g/mol. The molecule has 0 radical (unpaired) electrons. The Labute approximate surface area is 129 Å². The van der Waals surface area contributed by atoms with Crippen LogP contribution in [0, 0.1) is 0 Å². The summed E-state index contributed by atoms with van der Waals surface area (Å²) in [5, 5.41) is -1.09. The smallest absolute Gasteiger partial charge is 0.303 e. The van der Waals surface area contributed by atoms with Crippen LogP contribution in [0.5, 0.6) is 0 Å². The maximum Gasteiger partial charge on any atom is 0.303 e. The molecule has 0 N–H and O–H groups in total. The number of esters is 3. The first kappa shape index (κ1) is 17.8. The van der Waals surface area contributed by atoms with Gasteiger partial charge in [-0.05, 0) is 0 Å². The van der Waals surface area contributed by atoms with E-state index in [1.165, 1.54) is 6.92 Å². The van der Waals surface area contributed by atoms with Crippen molar-refractivity contribution in [2.24, 2.45) is 0 Å². The van der Waals surface area contributed by atoms with Crippen molar-refractivity contribution in [1.29, 1.82) is 0 Å². The molecule has 0 bridgehead atoms. The molecule has 0 aromatic rings. The number of hydrogen-bond acceptors (Lipinski definition) is 7. The maximum atomic E-state index is 14.1. The van der Waals surface area contributed by atoms with E-state index in [-0.39, 0.29) is 6.61 Å². The normalized spacial score (nSPS) is 32.1. The van der Waals surface area contributed by atoms with Crippen molar-refractivity contribution >= 4 is 33.8 Å². The predicted molar refractivity (Wildman–Crippen MR) is 70.2 cm³/mol. The Morgan fingerprint density at radius 1 is 1.05 bits per heavy atom. The summed E-state index contributed by atoms with van der Waals surface area (Å²) in [6.45, 7) is 3.16. The summed E-state index contributed by atoms with van der Waals surface area (Å²) in [5.74, 6) is -2.00. The molecule has 1 aliphatic rings. The summed E-state index contributed by atoms with van der Waals surface area (Å²) in [7, 11) is 0. The molecule has 0 amide bonds. The first-order chi connectivity index (χ1) is 9.72. The molecule has 0 unspecified atom stereocenters. The Morgan fingerprint density at radius 3 is 2.05 bits per heavy atom. The van der Waals surface area contributed by atoms with Crippen molar-refractivity contribution < 1.29 is 37.7 Å². The summed E-state index contributed by atoms with van der Waals surface area (Å²) in [5.41, 5.74) is 0. The van der Waals surface area contributed by atoms with E-state index < -0.39 is 47.4 Å². The lowest BCUT2D eigenvalue weighted by Gasteiger charge is -2.40. The van der Waals surface area contributed by atoms with Gasteiger partial charge in [-0.2, -0.15) is 0 Å². The molecular weight excluding hydrogens is 355 g/mol. The number of ether oxygens (including phenoxy) is 4. The van der Waals surface area contributed by atoms with Gasteiger partial charge in [0.1, 0.15) is 17.7 Å². The zero-order valence-electron chi connectivity index (χ0n) is 11.7. The third kappa shape index (κ3) is 5.24. The van der Waals surface area contributed by atoms with Gasteiger partial charge < -0.3 is 18.9 Å². The van der Waals surface area contributed by atoms with Crippen molar-refractivity contribution in [3.63, 3.8) is 0 Å². The summed E-state index contributed by atoms with van der Waals surface area (Å²) in [6, 6.07) is 0. The second kappa shape index (κ2) is 7.69. The SMILES string of the molecule is CC(=O)OC[C@H]1O[C@H](Br)[C@@H](F)[C@@H](OC(C)=O)[C@@H]1OC(C)=O. The summed E-state index contributed by atoms with van der Waals surface area (Å²) in [4.78, 5) is 33.1. The lowest BCUT2D eigenvalue weighted by Crippen LogP contribution is -2.58. The van der Waals surface area contributed by atoms with Gasteiger partial charge in [0.15, 0.2) is 18.4 Å². The van der Waals surface area contributed by atoms with Crippen LogP contribution in [0.25, 0.3) is 0 Å². The van der Waals surface area contributed by atoms with Crippen LogP contribution in [0.3, 0.4) is 0 Å². The summed E-state index contributed by atoms with van der Waals surface area (Å²) < 4.78 is 34.0. The fraction of sp³-hybridized carbons (Fsp3) is 0.750. The molecule has 21 heavy (non-hydrogen) atoms. The van der Waals surface area contributed by atoms with Crippen molar-refractivity contribution in [1.82, 2.24) is 0 Å². The van der Waals surface area contributed by atoms with Gasteiger partial charge >= 0.3 is 17.9 Å². The maximum absolute atomic E-state index is 14.1. The zero-order valence-corrected chi connectivity index (χ0v) is 13.3. The molecule has 0 aliphatic carbocycles. The minimum Gasteiger partial charge on any atom is -0.463 e. The monoisotopic (exact) mass is 370 g/mol. The van der Waals surface area contributed by atoms with E-state index in [1.807, 2.05) is 0 Å². The number of alkyl halides is 2. The van der Waals surface area contributed by atoms with Gasteiger partial charge in [-0.25, -0.2) is 4.39 Å². The third-order valence-electron chi connectivity index (χ3n) is 2.61. The Hall–Kier alpha value is -1.22. The number of rotatable bonds is 4. The molecule has 9 heteroatoms. The van der Waals surface area contributed by atoms with Gasteiger partial charge in [0.05, 0.1) is 0 Å². The van der Waals surface area contributed by atoms with Crippen molar-refractivity contribution in [2.75, 3.05) is 6.61 Å². The Bertz CT molecular complexity index is 416. The Morgan fingerprint density at radius 2 is 1.57 bits per heavy atom. The topological polar surface area (TPSA) is 88.1 Å². The van der Waals surface area contributed by atoms with Crippen molar-refractivity contribution in [3.8, 4) is 0 Å². The van der Waals surface area contributed by atoms with Crippen molar-refractivity contribution in [3.05, 3.63) is 0 Å². The third-order valence-corrected chi connectivity index (χ3v) is 3.34. The second-order valence-electron chi connectivity index (χ2n) is 4.42. The van der Waals surface area contributed by atoms with Gasteiger partial charge in [-0.3, -0.25) is 14.4 Å². The molecule has 0 aromatic carbocycles. The molecule has 5 atom stereocenters. The van der Waals surface area contributed by atoms with E-state index >= 15 is 0 Å². The molecule has 7 nitrogen and oxygen atoms in total. The van der Waals surface area contributed by atoms with Crippen LogP contribution in [0.1, 0.15) is 20.8 Å². The lowest BCUT2D eigenvalue weighted by atomic mass is 10.0. The Balaban J connectivity index is 2.94. The minimum absolute atomic E-state index is 0.264. The first-order valence-electron chi connectivity index (χ1n) is 6.13. The molecule has 0 spiro atoms. The van der Waals surface area contributed by atoms with E-state index in [0.29, 0.717) is 0 Å². The molecule has 0 aromatic heterocycles. The van der Waals surface area contributed by atoms with E-state index in [1.54, 1.807) is 0 Å². The zero-order chi connectivity index (χ0) is 16.2. The number of carbonyl (C=O) groups is 3. The van der Waals surface area contributed by atoms with E-state index in [2.05, 4.69) is 15.9 Å². The van der Waals surface area contributed by atoms with Gasteiger partial charge in [0, 0.05) is 20.8 Å². The van der Waals surface area contributed by atoms with Crippen LogP contribution >= 0.6 is 15.9 Å². The number of carbonyl (C=O) groups excluding carboxylic acids is 3. The highest BCUT2D eigenvalue weighted by molar-refractivity contribution is 9.09. The van der Waals surface area contributed by atoms with Crippen LogP contribution in [0.2, 0.25) is 0 Å². The quantitative estimate of drug-likeness (QED) is 0.412. The molecule has 1 fully saturated rings. The van der Waals surface area contributed by atoms with Crippen LogP contribution in [-0.2, 0) is 33.3 Å². The molecule has 1 rings (SSSR count). The van der Waals surface area contributed by atoms with Gasteiger partial charge in [-0.1, -0.05) is 15.9 Å². The van der Waals surface area contributed by atoms with Gasteiger partial charge in [0.2, 0.25) is 0 Å². The standard InChI is InChI=1S/C12H16BrFO7/c1-5(15)18-4-8-10(19-6(2)16)11(20-7(3)17)9(14)12(13)21-8/h8-12H,4H2,1-3H3/t8-,9+,10-,11-,12+/m1/s1. The Kier molecular flexibility index (Phi) is 6.53. The highest BCUT2D eigenvalue weighted by Crippen LogP contribution is 2.31. The molecule has 1 heterocycles. The average Bonchev–Trinajstić information content (AvgIpc) is 2.35. The number of hydrogen-bond donors (Lipinski definition) is 0. The molecular formula is C12H16BrFO7. The molecule has 1 aliphatic heterocycles. The van der Waals surface area contributed by atoms with Crippen LogP contribution in [-0.4, -0.2) is 54.0 Å². The van der Waals surface area contributed by atoms with Gasteiger partial charge in [-0.15, -0.1) is 0 Å². The fourth-order valence-electron chi connectivity index (χ4n) is 1.85. The molecule has 120 valence electrons. The largest absolute Gasteiger partial charge is 0.463 e. The van der Waals surface area contributed by atoms with E-state index in [9.17, 15) is 18.8 Å². The van der Waals surface area contributed by atoms with Gasteiger partial charge in [0.25, 0.3) is 0 Å². The van der Waals surface area contributed by atoms with Crippen LogP contribution in [0.15, 0.2) is 0 Å². The fourth-order valence-corrected chi connectivity index (χ4v) is 2.43.